The molecule has 1 saturated carbocycles. The molecule has 19 heavy (non-hydrogen) atoms. The van der Waals surface area contributed by atoms with E-state index in [9.17, 15) is 4.79 Å². The Morgan fingerprint density at radius 1 is 1.26 bits per heavy atom. The zero-order valence-corrected chi connectivity index (χ0v) is 11.3. The summed E-state index contributed by atoms with van der Waals surface area (Å²) in [6.45, 7) is 4.11. The van der Waals surface area contributed by atoms with E-state index in [0.717, 1.165) is 11.3 Å². The molecule has 0 saturated heterocycles. The molecule has 2 aromatic rings. The molecule has 1 fully saturated rings. The van der Waals surface area contributed by atoms with Crippen LogP contribution >= 0.6 is 0 Å². The van der Waals surface area contributed by atoms with E-state index in [-0.39, 0.29) is 11.5 Å². The normalized spacial score (nSPS) is 14.9. The van der Waals surface area contributed by atoms with E-state index in [4.69, 9.17) is 0 Å². The van der Waals surface area contributed by atoms with Gasteiger partial charge in [0.2, 0.25) is 0 Å². The minimum atomic E-state index is -0.0701. The lowest BCUT2D eigenvalue weighted by molar-refractivity contribution is 0.811. The number of aromatic amines is 1. The first-order valence-electron chi connectivity index (χ1n) is 6.85. The third-order valence-electron chi connectivity index (χ3n) is 3.59. The highest BCUT2D eigenvalue weighted by molar-refractivity contribution is 5.62. The molecule has 3 rings (SSSR count). The van der Waals surface area contributed by atoms with Crippen LogP contribution in [0.4, 0.5) is 0 Å². The van der Waals surface area contributed by atoms with Gasteiger partial charge in [0.15, 0.2) is 0 Å². The molecule has 0 unspecified atom stereocenters. The SMILES string of the molecule is CC(C)c1cc(=O)[nH]c(-c2ccccc2C2CC2)n1. The molecule has 0 bridgehead atoms. The Morgan fingerprint density at radius 2 is 2.00 bits per heavy atom. The summed E-state index contributed by atoms with van der Waals surface area (Å²) < 4.78 is 0. The fraction of sp³-hybridized carbons (Fsp3) is 0.375. The van der Waals surface area contributed by atoms with Gasteiger partial charge in [0.1, 0.15) is 5.82 Å². The Balaban J connectivity index is 2.14. The van der Waals surface area contributed by atoms with Gasteiger partial charge in [-0.25, -0.2) is 4.98 Å². The van der Waals surface area contributed by atoms with Gasteiger partial charge in [-0.3, -0.25) is 4.79 Å². The van der Waals surface area contributed by atoms with Crippen LogP contribution in [0.2, 0.25) is 0 Å². The molecular formula is C16H18N2O. The Labute approximate surface area is 112 Å². The Morgan fingerprint density at radius 3 is 2.68 bits per heavy atom. The second kappa shape index (κ2) is 4.65. The molecule has 1 aliphatic rings. The Kier molecular flexibility index (Phi) is 2.97. The Bertz CT molecular complexity index is 654. The predicted octanol–water partition coefficient (Wildman–Crippen LogP) is 3.44. The molecule has 1 aliphatic carbocycles. The zero-order chi connectivity index (χ0) is 13.4. The summed E-state index contributed by atoms with van der Waals surface area (Å²) in [5.74, 6) is 1.61. The van der Waals surface area contributed by atoms with Gasteiger partial charge in [-0.2, -0.15) is 0 Å². The number of aromatic nitrogens is 2. The summed E-state index contributed by atoms with van der Waals surface area (Å²) >= 11 is 0. The van der Waals surface area contributed by atoms with Crippen LogP contribution in [0.25, 0.3) is 11.4 Å². The van der Waals surface area contributed by atoms with Gasteiger partial charge in [-0.15, -0.1) is 0 Å². The van der Waals surface area contributed by atoms with Gasteiger partial charge < -0.3 is 4.98 Å². The second-order valence-electron chi connectivity index (χ2n) is 5.54. The van der Waals surface area contributed by atoms with Crippen LogP contribution in [0.5, 0.6) is 0 Å². The molecule has 1 aromatic heterocycles. The summed E-state index contributed by atoms with van der Waals surface area (Å²) in [6.07, 6.45) is 2.48. The molecule has 0 amide bonds. The number of nitrogens with zero attached hydrogens (tertiary/aromatic N) is 1. The molecule has 3 heteroatoms. The molecule has 0 aliphatic heterocycles. The van der Waals surface area contributed by atoms with Crippen molar-refractivity contribution in [3.8, 4) is 11.4 Å². The van der Waals surface area contributed by atoms with Crippen LogP contribution in [-0.4, -0.2) is 9.97 Å². The van der Waals surface area contributed by atoms with Crippen molar-refractivity contribution in [3.63, 3.8) is 0 Å². The minimum Gasteiger partial charge on any atom is -0.307 e. The van der Waals surface area contributed by atoms with E-state index < -0.39 is 0 Å². The van der Waals surface area contributed by atoms with Crippen molar-refractivity contribution in [2.75, 3.05) is 0 Å². The smallest absolute Gasteiger partial charge is 0.251 e. The van der Waals surface area contributed by atoms with E-state index in [1.165, 1.54) is 18.4 Å². The number of rotatable bonds is 3. The first-order valence-corrected chi connectivity index (χ1v) is 6.85. The average molecular weight is 254 g/mol. The largest absolute Gasteiger partial charge is 0.307 e. The second-order valence-corrected chi connectivity index (χ2v) is 5.54. The molecular weight excluding hydrogens is 236 g/mol. The van der Waals surface area contributed by atoms with Crippen molar-refractivity contribution >= 4 is 0 Å². The Hall–Kier alpha value is -1.90. The van der Waals surface area contributed by atoms with Gasteiger partial charge in [-0.05, 0) is 30.2 Å². The van der Waals surface area contributed by atoms with Crippen molar-refractivity contribution in [2.24, 2.45) is 0 Å². The van der Waals surface area contributed by atoms with Gasteiger partial charge in [-0.1, -0.05) is 38.1 Å². The number of H-pyrrole nitrogens is 1. The maximum Gasteiger partial charge on any atom is 0.251 e. The van der Waals surface area contributed by atoms with Gasteiger partial charge in [0, 0.05) is 11.6 Å². The number of benzene rings is 1. The lowest BCUT2D eigenvalue weighted by atomic mass is 10.0. The van der Waals surface area contributed by atoms with Gasteiger partial charge >= 0.3 is 0 Å². The highest BCUT2D eigenvalue weighted by Gasteiger charge is 2.26. The van der Waals surface area contributed by atoms with E-state index >= 15 is 0 Å². The van der Waals surface area contributed by atoms with E-state index in [2.05, 4.69) is 42.0 Å². The quantitative estimate of drug-likeness (QED) is 0.912. The van der Waals surface area contributed by atoms with Crippen LogP contribution in [0.3, 0.4) is 0 Å². The lowest BCUT2D eigenvalue weighted by Gasteiger charge is -2.10. The molecule has 1 heterocycles. The van der Waals surface area contributed by atoms with Crippen molar-refractivity contribution < 1.29 is 0 Å². The van der Waals surface area contributed by atoms with Crippen LogP contribution in [0.15, 0.2) is 35.1 Å². The first kappa shape index (κ1) is 12.2. The fourth-order valence-corrected chi connectivity index (χ4v) is 2.36. The molecule has 1 N–H and O–H groups in total. The van der Waals surface area contributed by atoms with E-state index in [0.29, 0.717) is 11.7 Å². The molecule has 0 radical (unpaired) electrons. The molecule has 3 nitrogen and oxygen atoms in total. The summed E-state index contributed by atoms with van der Waals surface area (Å²) in [4.78, 5) is 19.3. The number of hydrogen-bond acceptors (Lipinski definition) is 2. The highest BCUT2D eigenvalue weighted by atomic mass is 16.1. The molecule has 98 valence electrons. The molecule has 0 atom stereocenters. The zero-order valence-electron chi connectivity index (χ0n) is 11.3. The summed E-state index contributed by atoms with van der Waals surface area (Å²) in [6, 6.07) is 9.85. The van der Waals surface area contributed by atoms with Crippen molar-refractivity contribution in [1.82, 2.24) is 9.97 Å². The van der Waals surface area contributed by atoms with E-state index in [1.807, 2.05) is 6.07 Å². The summed E-state index contributed by atoms with van der Waals surface area (Å²) in [7, 11) is 0. The van der Waals surface area contributed by atoms with Crippen LogP contribution in [-0.2, 0) is 0 Å². The standard InChI is InChI=1S/C16H18N2O/c1-10(2)14-9-15(19)18-16(17-14)13-6-4-3-5-12(13)11-7-8-11/h3-6,9-11H,7-8H2,1-2H3,(H,17,18,19). The third-order valence-corrected chi connectivity index (χ3v) is 3.59. The fourth-order valence-electron chi connectivity index (χ4n) is 2.36. The van der Waals surface area contributed by atoms with Crippen molar-refractivity contribution in [1.29, 1.82) is 0 Å². The highest BCUT2D eigenvalue weighted by Crippen LogP contribution is 2.43. The molecule has 1 aromatic carbocycles. The average Bonchev–Trinajstić information content (AvgIpc) is 3.22. The van der Waals surface area contributed by atoms with Crippen LogP contribution in [0.1, 0.15) is 49.8 Å². The summed E-state index contributed by atoms with van der Waals surface area (Å²) in [5, 5.41) is 0. The predicted molar refractivity (Wildman–Crippen MR) is 76.4 cm³/mol. The van der Waals surface area contributed by atoms with Gasteiger partial charge in [0.05, 0.1) is 5.69 Å². The van der Waals surface area contributed by atoms with Crippen molar-refractivity contribution in [2.45, 2.75) is 38.5 Å². The maximum absolute atomic E-state index is 11.8. The summed E-state index contributed by atoms with van der Waals surface area (Å²) in [5.41, 5.74) is 3.17. The minimum absolute atomic E-state index is 0.0701. The van der Waals surface area contributed by atoms with Gasteiger partial charge in [0.25, 0.3) is 5.56 Å². The number of nitrogens with one attached hydrogen (secondary N) is 1. The van der Waals surface area contributed by atoms with Crippen LogP contribution in [0, 0.1) is 0 Å². The topological polar surface area (TPSA) is 45.8 Å². The third kappa shape index (κ3) is 2.46. The first-order chi connectivity index (χ1) is 9.15. The van der Waals surface area contributed by atoms with Crippen LogP contribution < -0.4 is 5.56 Å². The lowest BCUT2D eigenvalue weighted by Crippen LogP contribution is -2.11. The van der Waals surface area contributed by atoms with Crippen molar-refractivity contribution in [3.05, 3.63) is 51.9 Å². The molecule has 0 spiro atoms. The monoisotopic (exact) mass is 254 g/mol. The maximum atomic E-state index is 11.8. The number of hydrogen-bond donors (Lipinski definition) is 1. The van der Waals surface area contributed by atoms with E-state index in [1.54, 1.807) is 6.07 Å².